The molecule has 1 aliphatic carbocycles. The molecule has 0 radical (unpaired) electrons. The van der Waals surface area contributed by atoms with Crippen LogP contribution in [0.25, 0.3) is 0 Å². The quantitative estimate of drug-likeness (QED) is 0.821. The Labute approximate surface area is 128 Å². The van der Waals surface area contributed by atoms with Gasteiger partial charge in [-0.05, 0) is 53.9 Å². The fraction of sp³-hybridized carbons (Fsp3) is 0.600. The largest absolute Gasteiger partial charge is 0.365 e. The summed E-state index contributed by atoms with van der Waals surface area (Å²) in [6.45, 7) is 4.42. The van der Waals surface area contributed by atoms with Crippen LogP contribution >= 0.6 is 27.5 Å². The Bertz CT molecular complexity index is 471. The number of hydrogen-bond acceptors (Lipinski definition) is 2. The Morgan fingerprint density at radius 3 is 2.84 bits per heavy atom. The minimum Gasteiger partial charge on any atom is -0.365 e. The SMILES string of the molecule is CC1CNC2(CCCC2)CN1c1cc(Cl)ccc1Br. The van der Waals surface area contributed by atoms with Crippen LogP contribution in [0.5, 0.6) is 0 Å². The predicted molar refractivity (Wildman–Crippen MR) is 85.2 cm³/mol. The summed E-state index contributed by atoms with van der Waals surface area (Å²) < 4.78 is 1.14. The van der Waals surface area contributed by atoms with Gasteiger partial charge in [0.1, 0.15) is 0 Å². The van der Waals surface area contributed by atoms with E-state index < -0.39 is 0 Å². The van der Waals surface area contributed by atoms with Crippen molar-refractivity contribution in [2.75, 3.05) is 18.0 Å². The van der Waals surface area contributed by atoms with E-state index in [9.17, 15) is 0 Å². The molecule has 1 aromatic rings. The van der Waals surface area contributed by atoms with Crippen LogP contribution in [0, 0.1) is 0 Å². The first-order valence-electron chi connectivity index (χ1n) is 7.06. The van der Waals surface area contributed by atoms with Crippen molar-refractivity contribution in [3.05, 3.63) is 27.7 Å². The summed E-state index contributed by atoms with van der Waals surface area (Å²) in [7, 11) is 0. The summed E-state index contributed by atoms with van der Waals surface area (Å²) in [5, 5.41) is 4.60. The maximum atomic E-state index is 6.17. The standard InChI is InChI=1S/C15H20BrClN2/c1-11-9-18-15(6-2-3-7-15)10-19(11)14-8-12(17)4-5-13(14)16/h4-5,8,11,18H,2-3,6-7,9-10H2,1H3. The highest BCUT2D eigenvalue weighted by Gasteiger charge is 2.40. The van der Waals surface area contributed by atoms with Crippen molar-refractivity contribution in [1.29, 1.82) is 0 Å². The number of rotatable bonds is 1. The van der Waals surface area contributed by atoms with Gasteiger partial charge in [0.25, 0.3) is 0 Å². The molecule has 1 aliphatic heterocycles. The fourth-order valence-electron chi connectivity index (χ4n) is 3.43. The van der Waals surface area contributed by atoms with Crippen LogP contribution in [-0.2, 0) is 0 Å². The maximum Gasteiger partial charge on any atom is 0.0529 e. The van der Waals surface area contributed by atoms with E-state index in [1.54, 1.807) is 0 Å². The van der Waals surface area contributed by atoms with Gasteiger partial charge in [-0.1, -0.05) is 24.4 Å². The van der Waals surface area contributed by atoms with E-state index in [1.807, 2.05) is 12.1 Å². The van der Waals surface area contributed by atoms with E-state index in [-0.39, 0.29) is 0 Å². The molecule has 0 bridgehead atoms. The number of hydrogen-bond donors (Lipinski definition) is 1. The molecule has 2 nitrogen and oxygen atoms in total. The predicted octanol–water partition coefficient (Wildman–Crippen LogP) is 4.21. The van der Waals surface area contributed by atoms with Gasteiger partial charge >= 0.3 is 0 Å². The molecular weight excluding hydrogens is 324 g/mol. The average molecular weight is 344 g/mol. The van der Waals surface area contributed by atoms with Crippen molar-refractivity contribution < 1.29 is 0 Å². The molecule has 1 saturated heterocycles. The highest BCUT2D eigenvalue weighted by Crippen LogP contribution is 2.38. The third kappa shape index (κ3) is 2.65. The van der Waals surface area contributed by atoms with Gasteiger partial charge in [0, 0.05) is 34.2 Å². The molecule has 1 saturated carbocycles. The summed E-state index contributed by atoms with van der Waals surface area (Å²) >= 11 is 9.84. The minimum absolute atomic E-state index is 0.328. The van der Waals surface area contributed by atoms with Gasteiger partial charge in [-0.3, -0.25) is 0 Å². The molecule has 0 aromatic heterocycles. The highest BCUT2D eigenvalue weighted by molar-refractivity contribution is 9.10. The molecule has 1 unspecified atom stereocenters. The van der Waals surface area contributed by atoms with Gasteiger partial charge in [-0.15, -0.1) is 0 Å². The van der Waals surface area contributed by atoms with E-state index in [4.69, 9.17) is 11.6 Å². The summed E-state index contributed by atoms with van der Waals surface area (Å²) in [4.78, 5) is 2.51. The van der Waals surface area contributed by atoms with Crippen molar-refractivity contribution in [3.8, 4) is 0 Å². The van der Waals surface area contributed by atoms with Crippen LogP contribution in [0.15, 0.2) is 22.7 Å². The Morgan fingerprint density at radius 1 is 1.37 bits per heavy atom. The van der Waals surface area contributed by atoms with E-state index in [1.165, 1.54) is 31.4 Å². The Hall–Kier alpha value is -0.250. The van der Waals surface area contributed by atoms with Crippen molar-refractivity contribution in [1.82, 2.24) is 5.32 Å². The second kappa shape index (κ2) is 5.27. The fourth-order valence-corrected chi connectivity index (χ4v) is 4.07. The zero-order chi connectivity index (χ0) is 13.5. The molecule has 1 atom stereocenters. The van der Waals surface area contributed by atoms with Crippen molar-refractivity contribution >= 4 is 33.2 Å². The Balaban J connectivity index is 1.91. The second-order valence-corrected chi connectivity index (χ2v) is 7.23. The van der Waals surface area contributed by atoms with Crippen molar-refractivity contribution in [2.45, 2.75) is 44.2 Å². The van der Waals surface area contributed by atoms with Crippen LogP contribution in [0.4, 0.5) is 5.69 Å². The first-order valence-corrected chi connectivity index (χ1v) is 8.23. The molecule has 1 heterocycles. The lowest BCUT2D eigenvalue weighted by atomic mass is 9.92. The van der Waals surface area contributed by atoms with Crippen LogP contribution in [0.3, 0.4) is 0 Å². The average Bonchev–Trinajstić information content (AvgIpc) is 2.84. The number of piperazine rings is 1. The van der Waals surface area contributed by atoms with E-state index in [0.29, 0.717) is 11.6 Å². The van der Waals surface area contributed by atoms with Crippen LogP contribution in [0.1, 0.15) is 32.6 Å². The second-order valence-electron chi connectivity index (χ2n) is 5.94. The molecule has 3 rings (SSSR count). The number of benzene rings is 1. The van der Waals surface area contributed by atoms with Crippen LogP contribution < -0.4 is 10.2 Å². The van der Waals surface area contributed by atoms with Crippen LogP contribution in [0.2, 0.25) is 5.02 Å². The number of nitrogens with zero attached hydrogens (tertiary/aromatic N) is 1. The molecular formula is C15H20BrClN2. The molecule has 2 aliphatic rings. The monoisotopic (exact) mass is 342 g/mol. The molecule has 1 aromatic carbocycles. The lowest BCUT2D eigenvalue weighted by Crippen LogP contribution is -2.62. The molecule has 1 spiro atoms. The molecule has 1 N–H and O–H groups in total. The third-order valence-corrected chi connectivity index (χ3v) is 5.46. The first kappa shape index (κ1) is 13.7. The van der Waals surface area contributed by atoms with E-state index in [0.717, 1.165) is 22.6 Å². The number of nitrogens with one attached hydrogen (secondary N) is 1. The molecule has 0 amide bonds. The normalized spacial score (nSPS) is 26.1. The summed E-state index contributed by atoms with van der Waals surface area (Å²) in [5.41, 5.74) is 1.56. The number of halogens is 2. The van der Waals surface area contributed by atoms with Crippen molar-refractivity contribution in [2.24, 2.45) is 0 Å². The highest BCUT2D eigenvalue weighted by atomic mass is 79.9. The smallest absolute Gasteiger partial charge is 0.0529 e. The van der Waals surface area contributed by atoms with E-state index >= 15 is 0 Å². The lowest BCUT2D eigenvalue weighted by Gasteiger charge is -2.46. The summed E-state index contributed by atoms with van der Waals surface area (Å²) in [5.74, 6) is 0. The molecule has 104 valence electrons. The molecule has 19 heavy (non-hydrogen) atoms. The van der Waals surface area contributed by atoms with Crippen molar-refractivity contribution in [3.63, 3.8) is 0 Å². The van der Waals surface area contributed by atoms with Gasteiger partial charge in [-0.2, -0.15) is 0 Å². The zero-order valence-corrected chi connectivity index (χ0v) is 13.6. The maximum absolute atomic E-state index is 6.17. The van der Waals surface area contributed by atoms with Gasteiger partial charge in [0.2, 0.25) is 0 Å². The zero-order valence-electron chi connectivity index (χ0n) is 11.3. The third-order valence-electron chi connectivity index (χ3n) is 4.56. The van der Waals surface area contributed by atoms with Gasteiger partial charge in [0.15, 0.2) is 0 Å². The number of anilines is 1. The topological polar surface area (TPSA) is 15.3 Å². The molecule has 2 fully saturated rings. The minimum atomic E-state index is 0.328. The Kier molecular flexibility index (Phi) is 3.80. The van der Waals surface area contributed by atoms with Gasteiger partial charge < -0.3 is 10.2 Å². The summed E-state index contributed by atoms with van der Waals surface area (Å²) in [6.07, 6.45) is 5.31. The summed E-state index contributed by atoms with van der Waals surface area (Å²) in [6, 6.07) is 6.57. The molecule has 4 heteroatoms. The lowest BCUT2D eigenvalue weighted by molar-refractivity contribution is 0.276. The van der Waals surface area contributed by atoms with Gasteiger partial charge in [0.05, 0.1) is 5.69 Å². The van der Waals surface area contributed by atoms with E-state index in [2.05, 4.69) is 39.1 Å². The first-order chi connectivity index (χ1) is 9.10. The Morgan fingerprint density at radius 2 is 2.11 bits per heavy atom. The van der Waals surface area contributed by atoms with Gasteiger partial charge in [-0.25, -0.2) is 0 Å². The van der Waals surface area contributed by atoms with Crippen LogP contribution in [-0.4, -0.2) is 24.7 Å².